The Bertz CT molecular complexity index is 377. The van der Waals surface area contributed by atoms with Crippen LogP contribution in [0.2, 0.25) is 0 Å². The zero-order chi connectivity index (χ0) is 10.5. The first-order valence-electron chi connectivity index (χ1n) is 5.33. The van der Waals surface area contributed by atoms with E-state index in [9.17, 15) is 0 Å². The van der Waals surface area contributed by atoms with Gasteiger partial charge in [0.25, 0.3) is 0 Å². The molecule has 0 amide bonds. The van der Waals surface area contributed by atoms with Crippen LogP contribution in [0.5, 0.6) is 0 Å². The van der Waals surface area contributed by atoms with Gasteiger partial charge in [0.05, 0.1) is 0 Å². The first kappa shape index (κ1) is 9.57. The Hall–Kier alpha value is -0.980. The molecule has 0 saturated heterocycles. The standard InChI is InChI=1S/C13H19N/c1-8-5-6-10(14)11-9(2)7-13(3,4)12(8)11/h5-6,9H,7,14H2,1-4H3. The van der Waals surface area contributed by atoms with E-state index in [-0.39, 0.29) is 0 Å². The molecule has 1 aliphatic rings. The summed E-state index contributed by atoms with van der Waals surface area (Å²) in [6.45, 7) is 9.12. The third-order valence-corrected chi connectivity index (χ3v) is 3.47. The molecule has 1 unspecified atom stereocenters. The number of nitrogen functional groups attached to an aromatic ring is 1. The Labute approximate surface area is 86.3 Å². The molecular weight excluding hydrogens is 170 g/mol. The highest BCUT2D eigenvalue weighted by Crippen LogP contribution is 2.49. The summed E-state index contributed by atoms with van der Waals surface area (Å²) in [4.78, 5) is 0. The van der Waals surface area contributed by atoms with Crippen molar-refractivity contribution in [3.8, 4) is 0 Å². The molecule has 0 bridgehead atoms. The SMILES string of the molecule is Cc1ccc(N)c2c1C(C)(C)CC2C. The number of nitrogens with two attached hydrogens (primary N) is 1. The normalized spacial score (nSPS) is 23.6. The van der Waals surface area contributed by atoms with E-state index < -0.39 is 0 Å². The van der Waals surface area contributed by atoms with E-state index in [1.165, 1.54) is 23.1 Å². The molecule has 0 spiro atoms. The van der Waals surface area contributed by atoms with E-state index in [0.717, 1.165) is 5.69 Å². The van der Waals surface area contributed by atoms with Gasteiger partial charge in [-0.3, -0.25) is 0 Å². The zero-order valence-corrected chi connectivity index (χ0v) is 9.52. The number of benzene rings is 1. The average Bonchev–Trinajstić information content (AvgIpc) is 2.30. The molecule has 0 saturated carbocycles. The largest absolute Gasteiger partial charge is 0.398 e. The van der Waals surface area contributed by atoms with Crippen molar-refractivity contribution in [2.24, 2.45) is 0 Å². The molecule has 0 radical (unpaired) electrons. The minimum atomic E-state index is 0.300. The second-order valence-electron chi connectivity index (χ2n) is 5.25. The second kappa shape index (κ2) is 2.75. The van der Waals surface area contributed by atoms with Crippen molar-refractivity contribution in [1.29, 1.82) is 0 Å². The molecule has 76 valence electrons. The van der Waals surface area contributed by atoms with Crippen LogP contribution in [0.1, 0.15) is 49.8 Å². The van der Waals surface area contributed by atoms with E-state index in [2.05, 4.69) is 33.8 Å². The Kier molecular flexibility index (Phi) is 1.88. The van der Waals surface area contributed by atoms with Crippen LogP contribution < -0.4 is 5.73 Å². The zero-order valence-electron chi connectivity index (χ0n) is 9.52. The summed E-state index contributed by atoms with van der Waals surface area (Å²) in [6.07, 6.45) is 1.22. The van der Waals surface area contributed by atoms with Gasteiger partial charge in [0, 0.05) is 5.69 Å². The molecule has 2 N–H and O–H groups in total. The summed E-state index contributed by atoms with van der Waals surface area (Å²) in [5, 5.41) is 0. The second-order valence-corrected chi connectivity index (χ2v) is 5.25. The number of fused-ring (bicyclic) bond motifs is 1. The maximum absolute atomic E-state index is 6.05. The van der Waals surface area contributed by atoms with Gasteiger partial charge in [-0.1, -0.05) is 26.8 Å². The third-order valence-electron chi connectivity index (χ3n) is 3.47. The van der Waals surface area contributed by atoms with Crippen LogP contribution in [0.3, 0.4) is 0 Å². The minimum absolute atomic E-state index is 0.300. The molecule has 1 nitrogen and oxygen atoms in total. The van der Waals surface area contributed by atoms with Crippen molar-refractivity contribution in [3.05, 3.63) is 28.8 Å². The summed E-state index contributed by atoms with van der Waals surface area (Å²) in [5.41, 5.74) is 11.6. The number of hydrogen-bond donors (Lipinski definition) is 1. The van der Waals surface area contributed by atoms with Gasteiger partial charge in [0.15, 0.2) is 0 Å². The minimum Gasteiger partial charge on any atom is -0.398 e. The highest BCUT2D eigenvalue weighted by atomic mass is 14.6. The monoisotopic (exact) mass is 189 g/mol. The Morgan fingerprint density at radius 3 is 2.57 bits per heavy atom. The summed E-state index contributed by atoms with van der Waals surface area (Å²) in [5.74, 6) is 0.611. The molecular formula is C13H19N. The molecule has 0 heterocycles. The molecule has 1 atom stereocenters. The van der Waals surface area contributed by atoms with Crippen molar-refractivity contribution >= 4 is 5.69 Å². The van der Waals surface area contributed by atoms with Crippen molar-refractivity contribution in [1.82, 2.24) is 0 Å². The van der Waals surface area contributed by atoms with E-state index in [4.69, 9.17) is 5.73 Å². The Balaban J connectivity index is 2.73. The number of anilines is 1. The van der Waals surface area contributed by atoms with Crippen molar-refractivity contribution < 1.29 is 0 Å². The van der Waals surface area contributed by atoms with Crippen LogP contribution in [-0.4, -0.2) is 0 Å². The van der Waals surface area contributed by atoms with Gasteiger partial charge in [0.1, 0.15) is 0 Å². The quantitative estimate of drug-likeness (QED) is 0.622. The van der Waals surface area contributed by atoms with E-state index in [1.807, 2.05) is 6.07 Å². The van der Waals surface area contributed by atoms with Crippen LogP contribution in [0.4, 0.5) is 5.69 Å². The van der Waals surface area contributed by atoms with Gasteiger partial charge in [0.2, 0.25) is 0 Å². The number of aryl methyl sites for hydroxylation is 1. The molecule has 1 heteroatoms. The average molecular weight is 189 g/mol. The summed E-state index contributed by atoms with van der Waals surface area (Å²) >= 11 is 0. The van der Waals surface area contributed by atoms with Crippen molar-refractivity contribution in [2.45, 2.75) is 45.4 Å². The fraction of sp³-hybridized carbons (Fsp3) is 0.538. The molecule has 1 aromatic carbocycles. The smallest absolute Gasteiger partial charge is 0.0352 e. The van der Waals surface area contributed by atoms with Crippen LogP contribution in [0.25, 0.3) is 0 Å². The van der Waals surface area contributed by atoms with E-state index in [1.54, 1.807) is 0 Å². The van der Waals surface area contributed by atoms with Crippen molar-refractivity contribution in [2.75, 3.05) is 5.73 Å². The fourth-order valence-corrected chi connectivity index (χ4v) is 3.14. The van der Waals surface area contributed by atoms with Gasteiger partial charge in [-0.15, -0.1) is 0 Å². The summed E-state index contributed by atoms with van der Waals surface area (Å²) in [6, 6.07) is 4.19. The van der Waals surface area contributed by atoms with Crippen LogP contribution >= 0.6 is 0 Å². The lowest BCUT2D eigenvalue weighted by Crippen LogP contribution is -2.13. The molecule has 0 aromatic heterocycles. The fourth-order valence-electron chi connectivity index (χ4n) is 3.14. The topological polar surface area (TPSA) is 26.0 Å². The molecule has 2 rings (SSSR count). The number of rotatable bonds is 0. The number of hydrogen-bond acceptors (Lipinski definition) is 1. The highest BCUT2D eigenvalue weighted by Gasteiger charge is 2.36. The van der Waals surface area contributed by atoms with Crippen LogP contribution in [0, 0.1) is 6.92 Å². The highest BCUT2D eigenvalue weighted by molar-refractivity contribution is 5.60. The molecule has 0 fully saturated rings. The van der Waals surface area contributed by atoms with Gasteiger partial charge < -0.3 is 5.73 Å². The van der Waals surface area contributed by atoms with Gasteiger partial charge >= 0.3 is 0 Å². The predicted molar refractivity (Wildman–Crippen MR) is 61.6 cm³/mol. The third kappa shape index (κ3) is 1.15. The molecule has 14 heavy (non-hydrogen) atoms. The van der Waals surface area contributed by atoms with Crippen LogP contribution in [0.15, 0.2) is 12.1 Å². The molecule has 0 aliphatic heterocycles. The van der Waals surface area contributed by atoms with E-state index in [0.29, 0.717) is 11.3 Å². The lowest BCUT2D eigenvalue weighted by molar-refractivity contribution is 0.488. The maximum atomic E-state index is 6.05. The Morgan fingerprint density at radius 2 is 2.00 bits per heavy atom. The van der Waals surface area contributed by atoms with Crippen LogP contribution in [-0.2, 0) is 5.41 Å². The van der Waals surface area contributed by atoms with Crippen molar-refractivity contribution in [3.63, 3.8) is 0 Å². The lowest BCUT2D eigenvalue weighted by atomic mass is 9.83. The first-order chi connectivity index (χ1) is 6.43. The first-order valence-corrected chi connectivity index (χ1v) is 5.33. The van der Waals surface area contributed by atoms with Gasteiger partial charge in [-0.2, -0.15) is 0 Å². The predicted octanol–water partition coefficient (Wildman–Crippen LogP) is 3.36. The van der Waals surface area contributed by atoms with Gasteiger partial charge in [-0.05, 0) is 47.4 Å². The maximum Gasteiger partial charge on any atom is 0.0352 e. The lowest BCUT2D eigenvalue weighted by Gasteiger charge is -2.21. The summed E-state index contributed by atoms with van der Waals surface area (Å²) < 4.78 is 0. The molecule has 1 aliphatic carbocycles. The molecule has 1 aromatic rings. The van der Waals surface area contributed by atoms with Gasteiger partial charge in [-0.25, -0.2) is 0 Å². The van der Waals surface area contributed by atoms with E-state index >= 15 is 0 Å². The Morgan fingerprint density at radius 1 is 1.36 bits per heavy atom. The summed E-state index contributed by atoms with van der Waals surface area (Å²) in [7, 11) is 0.